The molecule has 0 saturated heterocycles. The second-order valence-corrected chi connectivity index (χ2v) is 5.25. The molecular formula is C14H17F2NO. The molecule has 0 spiro atoms. The average Bonchev–Trinajstić information content (AvgIpc) is 3.18. The van der Waals surface area contributed by atoms with Crippen molar-refractivity contribution in [2.24, 2.45) is 11.8 Å². The van der Waals surface area contributed by atoms with Crippen LogP contribution in [0.1, 0.15) is 25.7 Å². The maximum absolute atomic E-state index is 12.1. The molecule has 0 amide bonds. The second kappa shape index (κ2) is 4.75. The molecule has 4 heteroatoms. The van der Waals surface area contributed by atoms with Crippen LogP contribution in [0.3, 0.4) is 0 Å². The summed E-state index contributed by atoms with van der Waals surface area (Å²) in [5.41, 5.74) is 0.886. The van der Waals surface area contributed by atoms with Gasteiger partial charge in [0.2, 0.25) is 0 Å². The van der Waals surface area contributed by atoms with Crippen LogP contribution in [0.4, 0.5) is 14.5 Å². The summed E-state index contributed by atoms with van der Waals surface area (Å²) in [6.07, 6.45) is 5.17. The van der Waals surface area contributed by atoms with Crippen molar-refractivity contribution in [3.8, 4) is 5.75 Å². The number of alkyl halides is 2. The Morgan fingerprint density at radius 3 is 2.33 bits per heavy atom. The van der Waals surface area contributed by atoms with Gasteiger partial charge in [0.25, 0.3) is 0 Å². The third-order valence-electron chi connectivity index (χ3n) is 3.65. The van der Waals surface area contributed by atoms with Crippen molar-refractivity contribution in [3.05, 3.63) is 24.3 Å². The van der Waals surface area contributed by atoms with E-state index in [0.717, 1.165) is 17.5 Å². The lowest BCUT2D eigenvalue weighted by Crippen LogP contribution is -2.24. The summed E-state index contributed by atoms with van der Waals surface area (Å²) >= 11 is 0. The topological polar surface area (TPSA) is 21.3 Å². The predicted molar refractivity (Wildman–Crippen MR) is 65.9 cm³/mol. The molecular weight excluding hydrogens is 236 g/mol. The molecule has 2 saturated carbocycles. The maximum atomic E-state index is 12.1. The molecule has 0 heterocycles. The van der Waals surface area contributed by atoms with E-state index in [4.69, 9.17) is 0 Å². The van der Waals surface area contributed by atoms with Crippen molar-refractivity contribution in [2.75, 3.05) is 5.32 Å². The fourth-order valence-corrected chi connectivity index (χ4v) is 2.49. The lowest BCUT2D eigenvalue weighted by molar-refractivity contribution is -0.0498. The van der Waals surface area contributed by atoms with Gasteiger partial charge in [0.1, 0.15) is 5.75 Å². The normalized spacial score (nSPS) is 19.3. The highest BCUT2D eigenvalue weighted by molar-refractivity contribution is 5.49. The van der Waals surface area contributed by atoms with Gasteiger partial charge in [-0.2, -0.15) is 8.78 Å². The van der Waals surface area contributed by atoms with Crippen molar-refractivity contribution in [3.63, 3.8) is 0 Å². The number of rotatable bonds is 6. The summed E-state index contributed by atoms with van der Waals surface area (Å²) in [5, 5.41) is 3.49. The standard InChI is InChI=1S/C14H17F2NO/c15-14(16)18-12-3-1-2-11(8-12)17-13(9-4-5-9)10-6-7-10/h1-3,8-10,13-14,17H,4-7H2. The Bertz CT molecular complexity index is 404. The monoisotopic (exact) mass is 253 g/mol. The number of hydrogen-bond acceptors (Lipinski definition) is 2. The second-order valence-electron chi connectivity index (χ2n) is 5.25. The molecule has 2 nitrogen and oxygen atoms in total. The third kappa shape index (κ3) is 2.92. The zero-order valence-corrected chi connectivity index (χ0v) is 10.1. The summed E-state index contributed by atoms with van der Waals surface area (Å²) < 4.78 is 28.7. The molecule has 0 atom stereocenters. The highest BCUT2D eigenvalue weighted by atomic mass is 19.3. The van der Waals surface area contributed by atoms with Crippen LogP contribution in [-0.4, -0.2) is 12.7 Å². The number of ether oxygens (including phenoxy) is 1. The van der Waals surface area contributed by atoms with E-state index in [9.17, 15) is 8.78 Å². The molecule has 0 bridgehead atoms. The van der Waals surface area contributed by atoms with Gasteiger partial charge in [-0.3, -0.25) is 0 Å². The molecule has 18 heavy (non-hydrogen) atoms. The minimum atomic E-state index is -2.76. The van der Waals surface area contributed by atoms with Crippen molar-refractivity contribution in [1.29, 1.82) is 0 Å². The van der Waals surface area contributed by atoms with Gasteiger partial charge in [-0.1, -0.05) is 6.07 Å². The van der Waals surface area contributed by atoms with Crippen molar-refractivity contribution in [2.45, 2.75) is 38.3 Å². The summed E-state index contributed by atoms with van der Waals surface area (Å²) in [5.74, 6) is 1.77. The number of benzene rings is 1. The minimum absolute atomic E-state index is 0.223. The van der Waals surface area contributed by atoms with E-state index in [-0.39, 0.29) is 5.75 Å². The number of nitrogens with one attached hydrogen (secondary N) is 1. The van der Waals surface area contributed by atoms with E-state index in [2.05, 4.69) is 10.1 Å². The van der Waals surface area contributed by atoms with Crippen LogP contribution in [0.5, 0.6) is 5.75 Å². The van der Waals surface area contributed by atoms with E-state index >= 15 is 0 Å². The zero-order valence-electron chi connectivity index (χ0n) is 10.1. The lowest BCUT2D eigenvalue weighted by Gasteiger charge is -2.19. The van der Waals surface area contributed by atoms with Crippen molar-refractivity contribution in [1.82, 2.24) is 0 Å². The summed E-state index contributed by atoms with van der Waals surface area (Å²) in [4.78, 5) is 0. The fourth-order valence-electron chi connectivity index (χ4n) is 2.49. The molecule has 0 aliphatic heterocycles. The van der Waals surface area contributed by atoms with Gasteiger partial charge in [-0.25, -0.2) is 0 Å². The quantitative estimate of drug-likeness (QED) is 0.830. The van der Waals surface area contributed by atoms with E-state index in [1.807, 2.05) is 6.07 Å². The fraction of sp³-hybridized carbons (Fsp3) is 0.571. The Morgan fingerprint density at radius 2 is 1.78 bits per heavy atom. The van der Waals surface area contributed by atoms with Crippen LogP contribution >= 0.6 is 0 Å². The summed E-state index contributed by atoms with van der Waals surface area (Å²) in [7, 11) is 0. The molecule has 2 fully saturated rings. The lowest BCUT2D eigenvalue weighted by atomic mass is 10.1. The predicted octanol–water partition coefficient (Wildman–Crippen LogP) is 3.89. The van der Waals surface area contributed by atoms with Crippen molar-refractivity contribution < 1.29 is 13.5 Å². The van der Waals surface area contributed by atoms with Crippen LogP contribution in [-0.2, 0) is 0 Å². The van der Waals surface area contributed by atoms with E-state index in [0.29, 0.717) is 6.04 Å². The molecule has 0 unspecified atom stereocenters. The van der Waals surface area contributed by atoms with E-state index < -0.39 is 6.61 Å². The van der Waals surface area contributed by atoms with Gasteiger partial charge in [0, 0.05) is 17.8 Å². The average molecular weight is 253 g/mol. The number of anilines is 1. The van der Waals surface area contributed by atoms with Crippen molar-refractivity contribution >= 4 is 5.69 Å². The molecule has 1 aromatic rings. The highest BCUT2D eigenvalue weighted by Gasteiger charge is 2.41. The van der Waals surface area contributed by atoms with Crippen LogP contribution < -0.4 is 10.1 Å². The molecule has 1 aromatic carbocycles. The Labute approximate surface area is 105 Å². The SMILES string of the molecule is FC(F)Oc1cccc(NC(C2CC2)C2CC2)c1. The first-order valence-electron chi connectivity index (χ1n) is 6.54. The Hall–Kier alpha value is -1.32. The first kappa shape index (κ1) is 11.8. The van der Waals surface area contributed by atoms with Crippen LogP contribution in [0.2, 0.25) is 0 Å². The molecule has 3 rings (SSSR count). The van der Waals surface area contributed by atoms with Gasteiger partial charge in [-0.15, -0.1) is 0 Å². The van der Waals surface area contributed by atoms with Gasteiger partial charge in [0.15, 0.2) is 0 Å². The van der Waals surface area contributed by atoms with Gasteiger partial charge >= 0.3 is 6.61 Å². The van der Waals surface area contributed by atoms with E-state index in [1.165, 1.54) is 25.7 Å². The van der Waals surface area contributed by atoms with Gasteiger partial charge in [0.05, 0.1) is 0 Å². The maximum Gasteiger partial charge on any atom is 0.387 e. The number of halogens is 2. The Kier molecular flexibility index (Phi) is 3.10. The zero-order chi connectivity index (χ0) is 12.5. The molecule has 1 N–H and O–H groups in total. The van der Waals surface area contributed by atoms with Crippen LogP contribution in [0.15, 0.2) is 24.3 Å². The highest BCUT2D eigenvalue weighted by Crippen LogP contribution is 2.46. The van der Waals surface area contributed by atoms with Crippen LogP contribution in [0.25, 0.3) is 0 Å². The van der Waals surface area contributed by atoms with Gasteiger partial charge in [-0.05, 0) is 49.7 Å². The molecule has 0 radical (unpaired) electrons. The molecule has 98 valence electrons. The third-order valence-corrected chi connectivity index (χ3v) is 3.65. The number of hydrogen-bond donors (Lipinski definition) is 1. The first-order valence-corrected chi connectivity index (χ1v) is 6.54. The Morgan fingerprint density at radius 1 is 1.11 bits per heavy atom. The smallest absolute Gasteiger partial charge is 0.387 e. The summed E-state index contributed by atoms with van der Waals surface area (Å²) in [6, 6.07) is 7.39. The molecule has 2 aliphatic rings. The summed E-state index contributed by atoms with van der Waals surface area (Å²) in [6.45, 7) is -2.76. The molecule has 0 aromatic heterocycles. The Balaban J connectivity index is 1.67. The molecule has 2 aliphatic carbocycles. The largest absolute Gasteiger partial charge is 0.435 e. The van der Waals surface area contributed by atoms with Gasteiger partial charge < -0.3 is 10.1 Å². The van der Waals surface area contributed by atoms with E-state index in [1.54, 1.807) is 18.2 Å². The minimum Gasteiger partial charge on any atom is -0.435 e. The van der Waals surface area contributed by atoms with Crippen LogP contribution in [0, 0.1) is 11.8 Å². The first-order chi connectivity index (χ1) is 8.72.